The summed E-state index contributed by atoms with van der Waals surface area (Å²) < 4.78 is 0. The first kappa shape index (κ1) is 16.5. The van der Waals surface area contributed by atoms with Crippen LogP contribution in [0.15, 0.2) is 91.0 Å². The maximum Gasteiger partial charge on any atom is 0.132 e. The first-order chi connectivity index (χ1) is 11.8. The molecule has 0 aromatic heterocycles. The Morgan fingerprint density at radius 3 is 1.33 bits per heavy atom. The highest BCUT2D eigenvalue weighted by molar-refractivity contribution is 7.81. The van der Waals surface area contributed by atoms with Crippen LogP contribution in [0.2, 0.25) is 0 Å². The molecular formula is C22H20OS. The van der Waals surface area contributed by atoms with Crippen molar-refractivity contribution in [2.75, 3.05) is 0 Å². The highest BCUT2D eigenvalue weighted by Gasteiger charge is 2.37. The quantitative estimate of drug-likeness (QED) is 0.386. The van der Waals surface area contributed by atoms with E-state index < -0.39 is 5.41 Å². The number of thiol groups is 1. The van der Waals surface area contributed by atoms with E-state index in [1.807, 2.05) is 54.6 Å². The fourth-order valence-electron chi connectivity index (χ4n) is 3.38. The first-order valence-corrected chi connectivity index (χ1v) is 8.59. The number of hydrogen-bond acceptors (Lipinski definition) is 2. The molecule has 24 heavy (non-hydrogen) atoms. The monoisotopic (exact) mass is 332 g/mol. The summed E-state index contributed by atoms with van der Waals surface area (Å²) in [6.07, 6.45) is 1.53. The summed E-state index contributed by atoms with van der Waals surface area (Å²) in [5, 5.41) is -0.342. The Balaban J connectivity index is 2.30. The molecule has 3 aromatic carbocycles. The van der Waals surface area contributed by atoms with Gasteiger partial charge in [-0.05, 0) is 23.1 Å². The molecule has 2 heteroatoms. The Bertz CT molecular complexity index is 672. The summed E-state index contributed by atoms with van der Waals surface area (Å²) in [5.74, 6) is 0. The summed E-state index contributed by atoms with van der Waals surface area (Å²) in [6, 6.07) is 31.1. The third-order valence-electron chi connectivity index (χ3n) is 4.47. The van der Waals surface area contributed by atoms with Crippen LogP contribution in [-0.4, -0.2) is 11.5 Å². The molecule has 120 valence electrons. The molecule has 1 unspecified atom stereocenters. The van der Waals surface area contributed by atoms with Crippen molar-refractivity contribution in [3.8, 4) is 0 Å². The van der Waals surface area contributed by atoms with Crippen molar-refractivity contribution in [3.63, 3.8) is 0 Å². The summed E-state index contributed by atoms with van der Waals surface area (Å²) >= 11 is 4.51. The molecular weight excluding hydrogens is 312 g/mol. The second-order valence-electron chi connectivity index (χ2n) is 5.91. The smallest absolute Gasteiger partial charge is 0.132 e. The average Bonchev–Trinajstić information content (AvgIpc) is 2.68. The summed E-state index contributed by atoms with van der Waals surface area (Å²) in [6.45, 7) is 0. The zero-order chi connectivity index (χ0) is 16.8. The van der Waals surface area contributed by atoms with Gasteiger partial charge in [-0.3, -0.25) is 0 Å². The predicted octanol–water partition coefficient (Wildman–Crippen LogP) is 4.91. The molecule has 1 atom stereocenters. The Hall–Kier alpha value is -2.32. The van der Waals surface area contributed by atoms with Gasteiger partial charge in [0.1, 0.15) is 6.29 Å². The lowest BCUT2D eigenvalue weighted by atomic mass is 9.67. The molecule has 0 fully saturated rings. The lowest BCUT2D eigenvalue weighted by molar-refractivity contribution is -0.107. The van der Waals surface area contributed by atoms with Gasteiger partial charge in [-0.15, -0.1) is 0 Å². The van der Waals surface area contributed by atoms with E-state index in [-0.39, 0.29) is 5.25 Å². The van der Waals surface area contributed by atoms with E-state index in [9.17, 15) is 4.79 Å². The van der Waals surface area contributed by atoms with Gasteiger partial charge < -0.3 is 4.79 Å². The minimum atomic E-state index is -0.406. The molecule has 3 aromatic rings. The zero-order valence-corrected chi connectivity index (χ0v) is 14.3. The van der Waals surface area contributed by atoms with Crippen LogP contribution in [0, 0.1) is 0 Å². The highest BCUT2D eigenvalue weighted by atomic mass is 32.1. The van der Waals surface area contributed by atoms with E-state index in [4.69, 9.17) is 0 Å². The van der Waals surface area contributed by atoms with Crippen LogP contribution in [0.1, 0.15) is 23.1 Å². The van der Waals surface area contributed by atoms with Crippen LogP contribution in [0.25, 0.3) is 0 Å². The maximum absolute atomic E-state index is 11.4. The molecule has 0 heterocycles. The van der Waals surface area contributed by atoms with E-state index in [0.29, 0.717) is 6.42 Å². The highest BCUT2D eigenvalue weighted by Crippen LogP contribution is 2.43. The zero-order valence-electron chi connectivity index (χ0n) is 13.4. The molecule has 0 N–H and O–H groups in total. The maximum atomic E-state index is 11.4. The van der Waals surface area contributed by atoms with E-state index in [1.165, 1.54) is 16.7 Å². The van der Waals surface area contributed by atoms with Gasteiger partial charge >= 0.3 is 0 Å². The molecule has 0 saturated carbocycles. The second-order valence-corrected chi connectivity index (χ2v) is 6.57. The van der Waals surface area contributed by atoms with Gasteiger partial charge in [0.05, 0.1) is 5.25 Å². The number of aldehydes is 1. The van der Waals surface area contributed by atoms with Crippen molar-refractivity contribution in [1.29, 1.82) is 0 Å². The lowest BCUT2D eigenvalue weighted by Crippen LogP contribution is -2.33. The van der Waals surface area contributed by atoms with Crippen LogP contribution in [0.4, 0.5) is 0 Å². The van der Waals surface area contributed by atoms with Crippen LogP contribution < -0.4 is 0 Å². The fraction of sp³-hybridized carbons (Fsp3) is 0.136. The molecule has 0 spiro atoms. The Morgan fingerprint density at radius 1 is 0.708 bits per heavy atom. The number of carbonyl (C=O) groups is 1. The molecule has 1 nitrogen and oxygen atoms in total. The summed E-state index contributed by atoms with van der Waals surface area (Å²) in [4.78, 5) is 11.4. The molecule has 3 rings (SSSR count). The standard InChI is InChI=1S/C22H20OS/c23-17-21(24)16-22(18-10-4-1-5-11-18,19-12-6-2-7-13-19)20-14-8-3-9-15-20/h1-15,17,21,24H,16H2. The Labute approximate surface area is 148 Å². The average molecular weight is 332 g/mol. The van der Waals surface area contributed by atoms with Crippen LogP contribution in [0.5, 0.6) is 0 Å². The minimum Gasteiger partial charge on any atom is -0.302 e. The molecule has 0 radical (unpaired) electrons. The summed E-state index contributed by atoms with van der Waals surface area (Å²) in [7, 11) is 0. The Morgan fingerprint density at radius 2 is 1.04 bits per heavy atom. The fourth-order valence-corrected chi connectivity index (χ4v) is 3.66. The molecule has 0 aliphatic heterocycles. The van der Waals surface area contributed by atoms with Crippen molar-refractivity contribution in [2.45, 2.75) is 17.1 Å². The third kappa shape index (κ3) is 3.15. The van der Waals surface area contributed by atoms with Crippen LogP contribution >= 0.6 is 12.6 Å². The largest absolute Gasteiger partial charge is 0.302 e. The van der Waals surface area contributed by atoms with E-state index >= 15 is 0 Å². The van der Waals surface area contributed by atoms with Crippen molar-refractivity contribution in [3.05, 3.63) is 108 Å². The number of hydrogen-bond donors (Lipinski definition) is 1. The molecule has 0 aliphatic rings. The van der Waals surface area contributed by atoms with E-state index in [2.05, 4.69) is 49.0 Å². The molecule has 0 saturated heterocycles. The van der Waals surface area contributed by atoms with Crippen molar-refractivity contribution >= 4 is 18.9 Å². The van der Waals surface area contributed by atoms with Crippen LogP contribution in [-0.2, 0) is 10.2 Å². The number of carbonyl (C=O) groups excluding carboxylic acids is 1. The minimum absolute atomic E-state index is 0.342. The molecule has 0 aliphatic carbocycles. The van der Waals surface area contributed by atoms with Gasteiger partial charge in [0.2, 0.25) is 0 Å². The first-order valence-electron chi connectivity index (χ1n) is 8.07. The van der Waals surface area contributed by atoms with Crippen LogP contribution in [0.3, 0.4) is 0 Å². The SMILES string of the molecule is O=CC(S)CC(c1ccccc1)(c1ccccc1)c1ccccc1. The number of benzene rings is 3. The van der Waals surface area contributed by atoms with Gasteiger partial charge in [0.25, 0.3) is 0 Å². The predicted molar refractivity (Wildman–Crippen MR) is 103 cm³/mol. The summed E-state index contributed by atoms with van der Waals surface area (Å²) in [5.41, 5.74) is 3.10. The van der Waals surface area contributed by atoms with Gasteiger partial charge in [-0.25, -0.2) is 0 Å². The number of rotatable bonds is 6. The van der Waals surface area contributed by atoms with Gasteiger partial charge in [-0.1, -0.05) is 91.0 Å². The molecule has 0 bridgehead atoms. The van der Waals surface area contributed by atoms with Crippen molar-refractivity contribution < 1.29 is 4.79 Å². The van der Waals surface area contributed by atoms with Crippen molar-refractivity contribution in [1.82, 2.24) is 0 Å². The van der Waals surface area contributed by atoms with E-state index in [1.54, 1.807) is 0 Å². The van der Waals surface area contributed by atoms with Crippen molar-refractivity contribution in [2.24, 2.45) is 0 Å². The van der Waals surface area contributed by atoms with Gasteiger partial charge in [0.15, 0.2) is 0 Å². The third-order valence-corrected chi connectivity index (χ3v) is 4.78. The van der Waals surface area contributed by atoms with Gasteiger partial charge in [0, 0.05) is 5.41 Å². The topological polar surface area (TPSA) is 17.1 Å². The Kier molecular flexibility index (Phi) is 5.17. The normalized spacial score (nSPS) is 12.5. The van der Waals surface area contributed by atoms with E-state index in [0.717, 1.165) is 6.29 Å². The lowest BCUT2D eigenvalue weighted by Gasteiger charge is -2.37. The second kappa shape index (κ2) is 7.50. The molecule has 0 amide bonds. The van der Waals surface area contributed by atoms with Gasteiger partial charge in [-0.2, -0.15) is 12.6 Å².